The smallest absolute Gasteiger partial charge is 0.355 e. The molecule has 10 heteroatoms. The molecular formula is C18H17BrN2O7. The van der Waals surface area contributed by atoms with Crippen LogP contribution in [-0.2, 0) is 19.1 Å². The molecular weight excluding hydrogens is 436 g/mol. The van der Waals surface area contributed by atoms with Crippen LogP contribution < -0.4 is 9.64 Å². The number of ether oxygens (including phenoxy) is 3. The average Bonchev–Trinajstić information content (AvgIpc) is 2.90. The van der Waals surface area contributed by atoms with Crippen molar-refractivity contribution in [3.05, 3.63) is 62.4 Å². The maximum atomic E-state index is 12.5. The third-order valence-electron chi connectivity index (χ3n) is 3.67. The van der Waals surface area contributed by atoms with Crippen molar-refractivity contribution in [3.8, 4) is 5.75 Å². The largest absolute Gasteiger partial charge is 0.493 e. The zero-order valence-electron chi connectivity index (χ0n) is 15.3. The lowest BCUT2D eigenvalue weighted by atomic mass is 10.1. The van der Waals surface area contributed by atoms with Gasteiger partial charge in [0.2, 0.25) is 0 Å². The number of hydrogen-bond donors (Lipinski definition) is 0. The summed E-state index contributed by atoms with van der Waals surface area (Å²) in [5, 5.41) is 11.6. The summed E-state index contributed by atoms with van der Waals surface area (Å²) in [5.74, 6) is -1.33. The quantitative estimate of drug-likeness (QED) is 0.367. The number of anilines is 1. The molecule has 1 aliphatic heterocycles. The van der Waals surface area contributed by atoms with Crippen LogP contribution in [0.1, 0.15) is 6.92 Å². The molecule has 1 aliphatic rings. The Morgan fingerprint density at radius 2 is 1.86 bits per heavy atom. The number of hydrogen-bond acceptors (Lipinski definition) is 8. The van der Waals surface area contributed by atoms with Crippen LogP contribution in [0.25, 0.3) is 0 Å². The van der Waals surface area contributed by atoms with E-state index in [1.807, 2.05) is 0 Å². The lowest BCUT2D eigenvalue weighted by molar-refractivity contribution is -0.384. The van der Waals surface area contributed by atoms with E-state index in [1.165, 1.54) is 41.5 Å². The Hall–Kier alpha value is -3.14. The zero-order chi connectivity index (χ0) is 20.8. The van der Waals surface area contributed by atoms with Gasteiger partial charge in [0.25, 0.3) is 5.69 Å². The van der Waals surface area contributed by atoms with E-state index in [1.54, 1.807) is 6.92 Å². The highest BCUT2D eigenvalue weighted by molar-refractivity contribution is 9.10. The normalized spacial score (nSPS) is 13.2. The molecule has 9 nitrogen and oxygen atoms in total. The van der Waals surface area contributed by atoms with Crippen molar-refractivity contribution in [2.45, 2.75) is 6.92 Å². The van der Waals surface area contributed by atoms with Crippen LogP contribution in [0, 0.1) is 10.1 Å². The predicted molar refractivity (Wildman–Crippen MR) is 104 cm³/mol. The molecule has 0 saturated carbocycles. The molecule has 0 unspecified atom stereocenters. The number of nitrogens with zero attached hydrogens (tertiary/aromatic N) is 2. The van der Waals surface area contributed by atoms with Gasteiger partial charge in [-0.15, -0.1) is 0 Å². The van der Waals surface area contributed by atoms with Crippen molar-refractivity contribution in [2.24, 2.45) is 0 Å². The molecule has 0 N–H and O–H groups in total. The minimum Gasteiger partial charge on any atom is -0.493 e. The third kappa shape index (κ3) is 4.22. The number of carbonyl (C=O) groups excluding carboxylic acids is 2. The molecule has 0 bridgehead atoms. The molecule has 2 rings (SSSR count). The van der Waals surface area contributed by atoms with E-state index in [2.05, 4.69) is 15.9 Å². The van der Waals surface area contributed by atoms with Gasteiger partial charge in [0, 0.05) is 18.3 Å². The highest BCUT2D eigenvalue weighted by Crippen LogP contribution is 2.40. The molecule has 28 heavy (non-hydrogen) atoms. The number of halogens is 1. The van der Waals surface area contributed by atoms with E-state index in [4.69, 9.17) is 14.2 Å². The second-order valence-electron chi connectivity index (χ2n) is 5.28. The van der Waals surface area contributed by atoms with E-state index in [-0.39, 0.29) is 22.6 Å². The molecule has 0 aliphatic carbocycles. The first kappa shape index (κ1) is 21.2. The van der Waals surface area contributed by atoms with Gasteiger partial charge >= 0.3 is 11.9 Å². The van der Waals surface area contributed by atoms with Crippen molar-refractivity contribution < 1.29 is 28.7 Å². The third-order valence-corrected chi connectivity index (χ3v) is 4.29. The van der Waals surface area contributed by atoms with E-state index in [0.717, 1.165) is 14.2 Å². The second kappa shape index (κ2) is 9.18. The van der Waals surface area contributed by atoms with Gasteiger partial charge in [-0.2, -0.15) is 0 Å². The van der Waals surface area contributed by atoms with Gasteiger partial charge in [-0.3, -0.25) is 10.1 Å². The van der Waals surface area contributed by atoms with Gasteiger partial charge < -0.3 is 19.1 Å². The van der Waals surface area contributed by atoms with Crippen LogP contribution in [-0.4, -0.2) is 37.7 Å². The van der Waals surface area contributed by atoms with E-state index < -0.39 is 16.9 Å². The fourth-order valence-electron chi connectivity index (χ4n) is 2.49. The summed E-state index contributed by atoms with van der Waals surface area (Å²) in [7, 11) is 2.30. The minimum atomic E-state index is -0.869. The fraction of sp³-hybridized carbons (Fsp3) is 0.222. The summed E-state index contributed by atoms with van der Waals surface area (Å²) < 4.78 is 15.4. The van der Waals surface area contributed by atoms with Crippen LogP contribution in [0.2, 0.25) is 0 Å². The molecule has 0 aromatic heterocycles. The SMILES string of the molecule is CCOc1cc(N2C=CC=CC(C(=O)OC)=C2C(=O)OC)c([N+](=O)[O-])cc1Br. The summed E-state index contributed by atoms with van der Waals surface area (Å²) in [6.45, 7) is 2.08. The van der Waals surface area contributed by atoms with Crippen LogP contribution in [0.3, 0.4) is 0 Å². The first-order valence-electron chi connectivity index (χ1n) is 8.01. The predicted octanol–water partition coefficient (Wildman–Crippen LogP) is 3.25. The van der Waals surface area contributed by atoms with E-state index in [9.17, 15) is 19.7 Å². The minimum absolute atomic E-state index is 0.0124. The number of allylic oxidation sites excluding steroid dienone is 2. The van der Waals surface area contributed by atoms with Crippen LogP contribution in [0.4, 0.5) is 11.4 Å². The number of nitro benzene ring substituents is 1. The van der Waals surface area contributed by atoms with Gasteiger partial charge in [0.05, 0.1) is 35.8 Å². The number of rotatable bonds is 6. The number of carbonyl (C=O) groups is 2. The summed E-state index contributed by atoms with van der Waals surface area (Å²) in [5.41, 5.74) is -0.646. The maximum Gasteiger partial charge on any atom is 0.355 e. The fourth-order valence-corrected chi connectivity index (χ4v) is 2.93. The van der Waals surface area contributed by atoms with E-state index >= 15 is 0 Å². The van der Waals surface area contributed by atoms with Gasteiger partial charge in [0.1, 0.15) is 17.1 Å². The summed E-state index contributed by atoms with van der Waals surface area (Å²) in [6, 6.07) is 2.67. The second-order valence-corrected chi connectivity index (χ2v) is 6.13. The van der Waals surface area contributed by atoms with Crippen molar-refractivity contribution in [1.29, 1.82) is 0 Å². The zero-order valence-corrected chi connectivity index (χ0v) is 16.9. The Kier molecular flexibility index (Phi) is 6.94. The molecule has 0 spiro atoms. The van der Waals surface area contributed by atoms with Crippen LogP contribution >= 0.6 is 15.9 Å². The Balaban J connectivity index is 2.82. The standard InChI is InChI=1S/C18H17BrN2O7/c1-4-28-15-10-13(14(21(24)25)9-12(15)19)20-8-6-5-7-11(17(22)26-2)16(20)18(23)27-3/h5-10H,4H2,1-3H3. The topological polar surface area (TPSA) is 108 Å². The molecule has 1 aromatic rings. The van der Waals surface area contributed by atoms with Crippen molar-refractivity contribution in [3.63, 3.8) is 0 Å². The Morgan fingerprint density at radius 3 is 2.43 bits per heavy atom. The molecule has 1 heterocycles. The Bertz CT molecular complexity index is 905. The highest BCUT2D eigenvalue weighted by atomic mass is 79.9. The Morgan fingerprint density at radius 1 is 1.18 bits per heavy atom. The maximum absolute atomic E-state index is 12.5. The van der Waals surface area contributed by atoms with Crippen molar-refractivity contribution >= 4 is 39.2 Å². The van der Waals surface area contributed by atoms with Gasteiger partial charge in [-0.05, 0) is 35.0 Å². The molecule has 0 atom stereocenters. The first-order valence-corrected chi connectivity index (χ1v) is 8.80. The number of nitro groups is 1. The van der Waals surface area contributed by atoms with Gasteiger partial charge in [0.15, 0.2) is 0 Å². The summed E-state index contributed by atoms with van der Waals surface area (Å²) in [6.07, 6.45) is 5.79. The van der Waals surface area contributed by atoms with Crippen LogP contribution in [0.5, 0.6) is 5.75 Å². The summed E-state index contributed by atoms with van der Waals surface area (Å²) in [4.78, 5) is 36.9. The van der Waals surface area contributed by atoms with Gasteiger partial charge in [-0.1, -0.05) is 6.08 Å². The molecule has 1 aromatic carbocycles. The molecule has 0 amide bonds. The molecule has 148 valence electrons. The number of methoxy groups -OCH3 is 2. The lowest BCUT2D eigenvalue weighted by Crippen LogP contribution is -2.27. The van der Waals surface area contributed by atoms with E-state index in [0.29, 0.717) is 16.8 Å². The van der Waals surface area contributed by atoms with Gasteiger partial charge in [-0.25, -0.2) is 9.59 Å². The first-order chi connectivity index (χ1) is 13.3. The van der Waals surface area contributed by atoms with Crippen molar-refractivity contribution in [2.75, 3.05) is 25.7 Å². The van der Waals surface area contributed by atoms with Crippen LogP contribution in [0.15, 0.2) is 52.3 Å². The summed E-state index contributed by atoms with van der Waals surface area (Å²) >= 11 is 3.24. The molecule has 0 saturated heterocycles. The molecule has 0 radical (unpaired) electrons. The monoisotopic (exact) mass is 452 g/mol. The number of esters is 2. The number of benzene rings is 1. The van der Waals surface area contributed by atoms with Crippen molar-refractivity contribution in [1.82, 2.24) is 0 Å². The average molecular weight is 453 g/mol. The Labute approximate surface area is 169 Å². The lowest BCUT2D eigenvalue weighted by Gasteiger charge is -2.23. The highest BCUT2D eigenvalue weighted by Gasteiger charge is 2.32. The molecule has 0 fully saturated rings.